The lowest BCUT2D eigenvalue weighted by Gasteiger charge is -2.27. The van der Waals surface area contributed by atoms with Crippen LogP contribution in [0.3, 0.4) is 0 Å². The van der Waals surface area contributed by atoms with E-state index in [1.54, 1.807) is 0 Å². The highest BCUT2D eigenvalue weighted by molar-refractivity contribution is 5.81. The Bertz CT molecular complexity index is 528. The second kappa shape index (κ2) is 5.61. The number of aromatic nitrogens is 2. The number of H-pyrrole nitrogens is 1. The van der Waals surface area contributed by atoms with Crippen molar-refractivity contribution in [2.24, 2.45) is 0 Å². The molecule has 0 bridgehead atoms. The fourth-order valence-corrected chi connectivity index (χ4v) is 2.92. The summed E-state index contributed by atoms with van der Waals surface area (Å²) < 4.78 is 0. The number of rotatable bonds is 4. The molecule has 2 aromatic rings. The van der Waals surface area contributed by atoms with E-state index in [0.29, 0.717) is 12.1 Å². The fraction of sp³-hybridized carbons (Fsp3) is 0.533. The molecule has 2 heterocycles. The molecule has 1 fully saturated rings. The third-order valence-corrected chi connectivity index (χ3v) is 3.91. The van der Waals surface area contributed by atoms with Crippen molar-refractivity contribution in [2.45, 2.75) is 44.7 Å². The van der Waals surface area contributed by atoms with Crippen LogP contribution in [-0.2, 0) is 0 Å². The van der Waals surface area contributed by atoms with Gasteiger partial charge in [0.05, 0.1) is 11.7 Å². The Balaban J connectivity index is 1.59. The lowest BCUT2D eigenvalue weighted by Crippen LogP contribution is -2.37. The van der Waals surface area contributed by atoms with Gasteiger partial charge in [0.15, 0.2) is 0 Å². The van der Waals surface area contributed by atoms with E-state index in [0.717, 1.165) is 10.9 Å². The highest BCUT2D eigenvalue weighted by Gasteiger charge is 2.15. The topological polar surface area (TPSA) is 52.7 Å². The Labute approximate surface area is 114 Å². The van der Waals surface area contributed by atoms with E-state index in [1.165, 1.54) is 37.9 Å². The number of hydrogen-bond donors (Lipinski definition) is 3. The first-order chi connectivity index (χ1) is 9.31. The lowest BCUT2D eigenvalue weighted by atomic mass is 9.98. The Morgan fingerprint density at radius 3 is 3.21 bits per heavy atom. The third kappa shape index (κ3) is 3.07. The zero-order chi connectivity index (χ0) is 13.1. The van der Waals surface area contributed by atoms with E-state index < -0.39 is 0 Å². The normalized spacial score (nSPS) is 21.4. The zero-order valence-electron chi connectivity index (χ0n) is 11.4. The van der Waals surface area contributed by atoms with E-state index in [4.69, 9.17) is 0 Å². The van der Waals surface area contributed by atoms with E-state index in [1.807, 2.05) is 6.20 Å². The van der Waals surface area contributed by atoms with Crippen LogP contribution in [0.1, 0.15) is 32.6 Å². The zero-order valence-corrected chi connectivity index (χ0v) is 11.4. The van der Waals surface area contributed by atoms with Crippen LogP contribution < -0.4 is 10.6 Å². The summed E-state index contributed by atoms with van der Waals surface area (Å²) in [5, 5.41) is 15.4. The molecule has 4 nitrogen and oxygen atoms in total. The maximum Gasteiger partial charge on any atom is 0.0670 e. The molecule has 1 aliphatic heterocycles. The molecule has 2 unspecified atom stereocenters. The quantitative estimate of drug-likeness (QED) is 0.790. The summed E-state index contributed by atoms with van der Waals surface area (Å²) >= 11 is 0. The average molecular weight is 258 g/mol. The Morgan fingerprint density at radius 1 is 1.42 bits per heavy atom. The highest BCUT2D eigenvalue weighted by atomic mass is 15.1. The van der Waals surface area contributed by atoms with Gasteiger partial charge in [0.25, 0.3) is 0 Å². The molecule has 1 saturated heterocycles. The van der Waals surface area contributed by atoms with Crippen molar-refractivity contribution in [3.63, 3.8) is 0 Å². The van der Waals surface area contributed by atoms with Crippen LogP contribution in [0.5, 0.6) is 0 Å². The highest BCUT2D eigenvalue weighted by Crippen LogP contribution is 2.19. The van der Waals surface area contributed by atoms with Gasteiger partial charge in [-0.1, -0.05) is 6.42 Å². The lowest BCUT2D eigenvalue weighted by molar-refractivity contribution is 0.371. The smallest absolute Gasteiger partial charge is 0.0670 e. The molecular formula is C15H22N4. The molecule has 1 aromatic heterocycles. The summed E-state index contributed by atoms with van der Waals surface area (Å²) in [7, 11) is 0. The first kappa shape index (κ1) is 12.5. The molecule has 0 saturated carbocycles. The largest absolute Gasteiger partial charge is 0.382 e. The molecule has 3 N–H and O–H groups in total. The molecule has 2 atom stereocenters. The van der Waals surface area contributed by atoms with Gasteiger partial charge in [-0.25, -0.2) is 0 Å². The van der Waals surface area contributed by atoms with Crippen molar-refractivity contribution < 1.29 is 0 Å². The van der Waals surface area contributed by atoms with Crippen molar-refractivity contribution in [1.82, 2.24) is 15.5 Å². The minimum absolute atomic E-state index is 0.482. The predicted octanol–water partition coefficient (Wildman–Crippen LogP) is 2.90. The van der Waals surface area contributed by atoms with Crippen molar-refractivity contribution in [2.75, 3.05) is 11.9 Å². The van der Waals surface area contributed by atoms with E-state index >= 15 is 0 Å². The van der Waals surface area contributed by atoms with Gasteiger partial charge in [-0.3, -0.25) is 5.10 Å². The van der Waals surface area contributed by atoms with Crippen LogP contribution in [0.15, 0.2) is 24.4 Å². The van der Waals surface area contributed by atoms with Gasteiger partial charge in [-0.15, -0.1) is 0 Å². The number of hydrogen-bond acceptors (Lipinski definition) is 3. The van der Waals surface area contributed by atoms with Crippen LogP contribution in [0, 0.1) is 0 Å². The minimum Gasteiger partial charge on any atom is -0.382 e. The first-order valence-corrected chi connectivity index (χ1v) is 7.24. The molecular weight excluding hydrogens is 236 g/mol. The summed E-state index contributed by atoms with van der Waals surface area (Å²) in [5.74, 6) is 0. The van der Waals surface area contributed by atoms with Gasteiger partial charge < -0.3 is 10.6 Å². The maximum absolute atomic E-state index is 4.05. The summed E-state index contributed by atoms with van der Waals surface area (Å²) in [6.07, 6.45) is 7.04. The number of nitrogens with zero attached hydrogens (tertiary/aromatic N) is 1. The predicted molar refractivity (Wildman–Crippen MR) is 79.4 cm³/mol. The first-order valence-electron chi connectivity index (χ1n) is 7.24. The summed E-state index contributed by atoms with van der Waals surface area (Å²) in [6, 6.07) is 7.52. The van der Waals surface area contributed by atoms with Crippen molar-refractivity contribution in [1.29, 1.82) is 0 Å². The second-order valence-corrected chi connectivity index (χ2v) is 5.60. The molecule has 0 radical (unpaired) electrons. The molecule has 19 heavy (non-hydrogen) atoms. The molecule has 1 aliphatic rings. The van der Waals surface area contributed by atoms with Crippen molar-refractivity contribution >= 4 is 16.6 Å². The van der Waals surface area contributed by atoms with Gasteiger partial charge in [-0.05, 0) is 50.9 Å². The Morgan fingerprint density at radius 2 is 2.37 bits per heavy atom. The van der Waals surface area contributed by atoms with Crippen LogP contribution in [0.2, 0.25) is 0 Å². The minimum atomic E-state index is 0.482. The van der Waals surface area contributed by atoms with Crippen LogP contribution >= 0.6 is 0 Å². The summed E-state index contributed by atoms with van der Waals surface area (Å²) in [6.45, 7) is 3.44. The van der Waals surface area contributed by atoms with Gasteiger partial charge in [0, 0.05) is 23.2 Å². The molecule has 3 rings (SSSR count). The van der Waals surface area contributed by atoms with E-state index in [9.17, 15) is 0 Å². The number of benzene rings is 1. The van der Waals surface area contributed by atoms with Gasteiger partial charge in [0.1, 0.15) is 0 Å². The molecule has 1 aromatic carbocycles. The standard InChI is InChI=1S/C15H22N4/c1-11(8-13-4-2-3-7-16-13)18-14-6-5-12-10-17-19-15(12)9-14/h5-6,9-11,13,16,18H,2-4,7-8H2,1H3,(H,17,19). The van der Waals surface area contributed by atoms with Crippen molar-refractivity contribution in [3.8, 4) is 0 Å². The molecule has 0 spiro atoms. The Kier molecular flexibility index (Phi) is 3.69. The second-order valence-electron chi connectivity index (χ2n) is 5.60. The number of fused-ring (bicyclic) bond motifs is 1. The molecule has 4 heteroatoms. The van der Waals surface area contributed by atoms with Crippen LogP contribution in [-0.4, -0.2) is 28.8 Å². The maximum atomic E-state index is 4.05. The number of nitrogens with one attached hydrogen (secondary N) is 3. The number of anilines is 1. The SMILES string of the molecule is CC(CC1CCCCN1)Nc1ccc2cn[nH]c2c1. The number of piperidine rings is 1. The van der Waals surface area contributed by atoms with E-state index in [2.05, 4.69) is 46.0 Å². The summed E-state index contributed by atoms with van der Waals surface area (Å²) in [5.41, 5.74) is 2.26. The van der Waals surface area contributed by atoms with E-state index in [-0.39, 0.29) is 0 Å². The van der Waals surface area contributed by atoms with Gasteiger partial charge in [-0.2, -0.15) is 5.10 Å². The van der Waals surface area contributed by atoms with Gasteiger partial charge in [0.2, 0.25) is 0 Å². The molecule has 0 amide bonds. The fourth-order valence-electron chi connectivity index (χ4n) is 2.92. The monoisotopic (exact) mass is 258 g/mol. The van der Waals surface area contributed by atoms with Gasteiger partial charge >= 0.3 is 0 Å². The third-order valence-electron chi connectivity index (χ3n) is 3.91. The van der Waals surface area contributed by atoms with Crippen molar-refractivity contribution in [3.05, 3.63) is 24.4 Å². The van der Waals surface area contributed by atoms with Crippen LogP contribution in [0.4, 0.5) is 5.69 Å². The number of aromatic amines is 1. The summed E-state index contributed by atoms with van der Waals surface area (Å²) in [4.78, 5) is 0. The molecule has 0 aliphatic carbocycles. The Hall–Kier alpha value is -1.55. The average Bonchev–Trinajstić information content (AvgIpc) is 2.87. The molecule has 102 valence electrons. The van der Waals surface area contributed by atoms with Crippen LogP contribution in [0.25, 0.3) is 10.9 Å².